The molecule has 0 aliphatic heterocycles. The zero-order chi connectivity index (χ0) is 21.4. The number of nitrogens with one attached hydrogen (secondary N) is 1. The fourth-order valence-electron chi connectivity index (χ4n) is 2.39. The molecule has 1 amide bonds. The molecule has 6 nitrogen and oxygen atoms in total. The van der Waals surface area contributed by atoms with Gasteiger partial charge < -0.3 is 10.1 Å². The number of halogens is 3. The Kier molecular flexibility index (Phi) is 7.35. The quantitative estimate of drug-likeness (QED) is 0.389. The molecule has 0 saturated heterocycles. The number of amides is 1. The minimum atomic E-state index is -4.46. The van der Waals surface area contributed by atoms with E-state index in [1.54, 1.807) is 6.07 Å². The van der Waals surface area contributed by atoms with Crippen LogP contribution in [0.4, 0.5) is 18.9 Å². The first-order valence-corrected chi connectivity index (χ1v) is 8.74. The lowest BCUT2D eigenvalue weighted by Crippen LogP contribution is -2.20. The molecule has 0 saturated carbocycles. The van der Waals surface area contributed by atoms with Crippen LogP contribution in [0.1, 0.15) is 30.0 Å². The van der Waals surface area contributed by atoms with Gasteiger partial charge in [-0.25, -0.2) is 0 Å². The minimum Gasteiger partial charge on any atom is -0.487 e. The van der Waals surface area contributed by atoms with E-state index in [1.807, 2.05) is 6.92 Å². The Bertz CT molecular complexity index is 911. The van der Waals surface area contributed by atoms with Gasteiger partial charge in [0.25, 0.3) is 0 Å². The van der Waals surface area contributed by atoms with Crippen LogP contribution in [-0.4, -0.2) is 17.4 Å². The van der Waals surface area contributed by atoms with E-state index in [2.05, 4.69) is 5.32 Å². The Labute approximate surface area is 165 Å². The molecule has 1 N–H and O–H groups in total. The van der Waals surface area contributed by atoms with E-state index in [4.69, 9.17) is 4.74 Å². The third-order valence-corrected chi connectivity index (χ3v) is 3.79. The highest BCUT2D eigenvalue weighted by Crippen LogP contribution is 2.30. The lowest BCUT2D eigenvalue weighted by atomic mass is 10.1. The van der Waals surface area contributed by atoms with Crippen LogP contribution in [0.5, 0.6) is 5.75 Å². The van der Waals surface area contributed by atoms with Gasteiger partial charge in [-0.2, -0.15) is 13.2 Å². The third-order valence-electron chi connectivity index (χ3n) is 3.79. The summed E-state index contributed by atoms with van der Waals surface area (Å²) < 4.78 is 43.4. The number of carbonyl (C=O) groups is 1. The smallest absolute Gasteiger partial charge is 0.416 e. The van der Waals surface area contributed by atoms with E-state index < -0.39 is 22.6 Å². The average molecular weight is 408 g/mol. The highest BCUT2D eigenvalue weighted by atomic mass is 19.4. The summed E-state index contributed by atoms with van der Waals surface area (Å²) >= 11 is 0. The van der Waals surface area contributed by atoms with Crippen LogP contribution in [0.3, 0.4) is 0 Å². The minimum absolute atomic E-state index is 0.0863. The number of hydrogen-bond acceptors (Lipinski definition) is 4. The Morgan fingerprint density at radius 3 is 2.66 bits per heavy atom. The highest BCUT2D eigenvalue weighted by molar-refractivity contribution is 5.91. The predicted molar refractivity (Wildman–Crippen MR) is 101 cm³/mol. The maximum Gasteiger partial charge on any atom is 0.416 e. The summed E-state index contributed by atoms with van der Waals surface area (Å²) in [6.07, 6.45) is -1.23. The summed E-state index contributed by atoms with van der Waals surface area (Å²) in [5.74, 6) is -0.403. The molecule has 29 heavy (non-hydrogen) atoms. The van der Waals surface area contributed by atoms with Crippen LogP contribution in [0.15, 0.2) is 48.5 Å². The van der Waals surface area contributed by atoms with Gasteiger partial charge >= 0.3 is 11.9 Å². The van der Waals surface area contributed by atoms with Gasteiger partial charge in [-0.1, -0.05) is 25.1 Å². The summed E-state index contributed by atoms with van der Waals surface area (Å²) in [6, 6.07) is 8.94. The number of nitro benzene ring substituents is 1. The summed E-state index contributed by atoms with van der Waals surface area (Å²) in [5, 5.41) is 13.6. The van der Waals surface area contributed by atoms with E-state index in [1.165, 1.54) is 30.3 Å². The van der Waals surface area contributed by atoms with Crippen molar-refractivity contribution in [2.75, 3.05) is 6.61 Å². The molecule has 0 aromatic heterocycles. The molecule has 0 atom stereocenters. The molecule has 0 heterocycles. The summed E-state index contributed by atoms with van der Waals surface area (Å²) in [7, 11) is 0. The topological polar surface area (TPSA) is 81.5 Å². The lowest BCUT2D eigenvalue weighted by molar-refractivity contribution is -0.385. The van der Waals surface area contributed by atoms with Crippen LogP contribution in [0.2, 0.25) is 0 Å². The van der Waals surface area contributed by atoms with Crippen LogP contribution >= 0.6 is 0 Å². The predicted octanol–water partition coefficient (Wildman–Crippen LogP) is 4.73. The third kappa shape index (κ3) is 6.63. The standard InChI is InChI=1S/C20H19F3N2O4/c1-2-10-29-18-8-6-14(12-17(18)25(27)28)7-9-19(26)24-13-15-4-3-5-16(11-15)20(21,22)23/h3-9,11-12H,2,10,13H2,1H3,(H,24,26)/b9-7+. The zero-order valence-corrected chi connectivity index (χ0v) is 15.5. The summed E-state index contributed by atoms with van der Waals surface area (Å²) in [4.78, 5) is 22.5. The van der Waals surface area contributed by atoms with E-state index in [-0.39, 0.29) is 18.0 Å². The van der Waals surface area contributed by atoms with Gasteiger partial charge in [-0.15, -0.1) is 0 Å². The van der Waals surface area contributed by atoms with Crippen molar-refractivity contribution in [2.24, 2.45) is 0 Å². The molecule has 0 unspecified atom stereocenters. The van der Waals surface area contributed by atoms with Crippen molar-refractivity contribution in [3.63, 3.8) is 0 Å². The Balaban J connectivity index is 2.02. The molecular formula is C20H19F3N2O4. The number of hydrogen-bond donors (Lipinski definition) is 1. The van der Waals surface area contributed by atoms with E-state index in [0.29, 0.717) is 24.2 Å². The Hall–Kier alpha value is -3.36. The lowest BCUT2D eigenvalue weighted by Gasteiger charge is -2.09. The number of carbonyl (C=O) groups excluding carboxylic acids is 1. The van der Waals surface area contributed by atoms with Gasteiger partial charge in [0.05, 0.1) is 17.1 Å². The second-order valence-corrected chi connectivity index (χ2v) is 6.08. The maximum absolute atomic E-state index is 12.7. The van der Waals surface area contributed by atoms with Gasteiger partial charge in [-0.05, 0) is 41.8 Å². The van der Waals surface area contributed by atoms with E-state index in [9.17, 15) is 28.1 Å². The first-order valence-electron chi connectivity index (χ1n) is 8.74. The van der Waals surface area contributed by atoms with Crippen molar-refractivity contribution >= 4 is 17.7 Å². The first kappa shape index (κ1) is 21.9. The monoisotopic (exact) mass is 408 g/mol. The number of nitrogens with zero attached hydrogens (tertiary/aromatic N) is 1. The molecule has 2 rings (SSSR count). The second kappa shape index (κ2) is 9.72. The van der Waals surface area contributed by atoms with Crippen LogP contribution < -0.4 is 10.1 Å². The molecule has 154 valence electrons. The van der Waals surface area contributed by atoms with E-state index >= 15 is 0 Å². The number of ether oxygens (including phenoxy) is 1. The summed E-state index contributed by atoms with van der Waals surface area (Å²) in [6.45, 7) is 2.13. The zero-order valence-electron chi connectivity index (χ0n) is 15.5. The molecule has 0 bridgehead atoms. The maximum atomic E-state index is 12.7. The van der Waals surface area contributed by atoms with Crippen LogP contribution in [0.25, 0.3) is 6.08 Å². The van der Waals surface area contributed by atoms with Crippen molar-refractivity contribution in [3.05, 3.63) is 75.3 Å². The molecule has 0 radical (unpaired) electrons. The molecule has 0 aliphatic carbocycles. The number of rotatable bonds is 8. The second-order valence-electron chi connectivity index (χ2n) is 6.08. The van der Waals surface area contributed by atoms with Crippen molar-refractivity contribution < 1.29 is 27.6 Å². The molecule has 0 spiro atoms. The molecule has 0 aliphatic rings. The van der Waals surface area contributed by atoms with Crippen LogP contribution in [0, 0.1) is 10.1 Å². The fourth-order valence-corrected chi connectivity index (χ4v) is 2.39. The van der Waals surface area contributed by atoms with Crippen molar-refractivity contribution in [1.82, 2.24) is 5.32 Å². The van der Waals surface area contributed by atoms with Gasteiger partial charge in [-0.3, -0.25) is 14.9 Å². The SMILES string of the molecule is CCCOc1ccc(/C=C/C(=O)NCc2cccc(C(F)(F)F)c2)cc1[N+](=O)[O-]. The molecule has 9 heteroatoms. The molecular weight excluding hydrogens is 389 g/mol. The van der Waals surface area contributed by atoms with Gasteiger partial charge in [0, 0.05) is 18.7 Å². The van der Waals surface area contributed by atoms with Crippen molar-refractivity contribution in [1.29, 1.82) is 0 Å². The largest absolute Gasteiger partial charge is 0.487 e. The van der Waals surface area contributed by atoms with Crippen molar-refractivity contribution in [3.8, 4) is 5.75 Å². The Morgan fingerprint density at radius 1 is 1.24 bits per heavy atom. The average Bonchev–Trinajstić information content (AvgIpc) is 2.68. The van der Waals surface area contributed by atoms with Crippen molar-refractivity contribution in [2.45, 2.75) is 26.1 Å². The fraction of sp³-hybridized carbons (Fsp3) is 0.250. The molecule has 2 aromatic rings. The van der Waals surface area contributed by atoms with Crippen LogP contribution in [-0.2, 0) is 17.5 Å². The molecule has 0 fully saturated rings. The number of nitro groups is 1. The summed E-state index contributed by atoms with van der Waals surface area (Å²) in [5.41, 5.74) is -0.299. The van der Waals surface area contributed by atoms with Gasteiger partial charge in [0.15, 0.2) is 5.75 Å². The van der Waals surface area contributed by atoms with E-state index in [0.717, 1.165) is 18.2 Å². The first-order chi connectivity index (χ1) is 13.7. The van der Waals surface area contributed by atoms with Gasteiger partial charge in [0.2, 0.25) is 5.91 Å². The Morgan fingerprint density at radius 2 is 2.00 bits per heavy atom. The number of benzene rings is 2. The number of alkyl halides is 3. The highest BCUT2D eigenvalue weighted by Gasteiger charge is 2.30. The van der Waals surface area contributed by atoms with Gasteiger partial charge in [0.1, 0.15) is 0 Å². The molecule has 2 aromatic carbocycles. The normalized spacial score (nSPS) is 11.4.